The summed E-state index contributed by atoms with van der Waals surface area (Å²) in [6.45, 7) is 1.78. The number of rotatable bonds is 5. The van der Waals surface area contributed by atoms with Gasteiger partial charge >= 0.3 is 0 Å². The molecule has 1 rings (SSSR count). The normalized spacial score (nSPS) is 13.1. The highest BCUT2D eigenvalue weighted by Crippen LogP contribution is 2.22. The molecule has 1 N–H and O–H groups in total. The summed E-state index contributed by atoms with van der Waals surface area (Å²) in [7, 11) is 2.00. The SMILES string of the molecule is COCC(C)NC(=O)c1cc(S(=O)(=O)Cl)c(F)cc1F. The van der Waals surface area contributed by atoms with E-state index in [1.54, 1.807) is 6.92 Å². The molecule has 0 aromatic heterocycles. The van der Waals surface area contributed by atoms with E-state index in [-0.39, 0.29) is 6.61 Å². The van der Waals surface area contributed by atoms with Crippen LogP contribution in [0.5, 0.6) is 0 Å². The quantitative estimate of drug-likeness (QED) is 0.835. The lowest BCUT2D eigenvalue weighted by molar-refractivity contribution is 0.0901. The minimum atomic E-state index is -4.42. The number of halogens is 3. The first-order valence-electron chi connectivity index (χ1n) is 5.40. The predicted octanol–water partition coefficient (Wildman–Crippen LogP) is 1.66. The zero-order valence-corrected chi connectivity index (χ0v) is 12.2. The Morgan fingerprint density at radius 1 is 1.40 bits per heavy atom. The predicted molar refractivity (Wildman–Crippen MR) is 68.2 cm³/mol. The molecule has 5 nitrogen and oxygen atoms in total. The number of benzene rings is 1. The Labute approximate surface area is 119 Å². The van der Waals surface area contributed by atoms with Gasteiger partial charge in [-0.25, -0.2) is 17.2 Å². The van der Waals surface area contributed by atoms with Crippen LogP contribution in [0.2, 0.25) is 0 Å². The van der Waals surface area contributed by atoms with Crippen LogP contribution in [0, 0.1) is 11.6 Å². The Bertz CT molecular complexity index is 621. The third-order valence-corrected chi connectivity index (χ3v) is 3.66. The van der Waals surface area contributed by atoms with E-state index in [9.17, 15) is 22.0 Å². The maximum absolute atomic E-state index is 13.5. The van der Waals surface area contributed by atoms with E-state index < -0.39 is 43.1 Å². The molecule has 0 aliphatic rings. The summed E-state index contributed by atoms with van der Waals surface area (Å²) in [6.07, 6.45) is 0. The molecule has 0 saturated carbocycles. The van der Waals surface area contributed by atoms with Crippen molar-refractivity contribution in [1.29, 1.82) is 0 Å². The number of hydrogen-bond acceptors (Lipinski definition) is 4. The van der Waals surface area contributed by atoms with Crippen LogP contribution < -0.4 is 5.32 Å². The van der Waals surface area contributed by atoms with Crippen molar-refractivity contribution < 1.29 is 26.7 Å². The van der Waals surface area contributed by atoms with Gasteiger partial charge in [-0.05, 0) is 13.0 Å². The Morgan fingerprint density at radius 3 is 2.50 bits per heavy atom. The minimum Gasteiger partial charge on any atom is -0.383 e. The fraction of sp³-hybridized carbons (Fsp3) is 0.364. The van der Waals surface area contributed by atoms with E-state index in [0.29, 0.717) is 12.1 Å². The fourth-order valence-corrected chi connectivity index (χ4v) is 2.39. The van der Waals surface area contributed by atoms with Crippen LogP contribution in [-0.4, -0.2) is 34.1 Å². The van der Waals surface area contributed by atoms with Crippen molar-refractivity contribution in [3.63, 3.8) is 0 Å². The molecular formula is C11H12ClF2NO4S. The van der Waals surface area contributed by atoms with Gasteiger partial charge in [0.1, 0.15) is 16.5 Å². The van der Waals surface area contributed by atoms with Crippen molar-refractivity contribution in [3.8, 4) is 0 Å². The summed E-state index contributed by atoms with van der Waals surface area (Å²) >= 11 is 0. The van der Waals surface area contributed by atoms with Gasteiger partial charge in [-0.1, -0.05) is 0 Å². The van der Waals surface area contributed by atoms with Gasteiger partial charge in [0.2, 0.25) is 0 Å². The van der Waals surface area contributed by atoms with E-state index in [4.69, 9.17) is 15.4 Å². The van der Waals surface area contributed by atoms with Gasteiger partial charge in [0, 0.05) is 29.9 Å². The van der Waals surface area contributed by atoms with Gasteiger partial charge in [-0.2, -0.15) is 0 Å². The second-order valence-corrected chi connectivity index (χ2v) is 6.56. The second kappa shape index (κ2) is 6.47. The van der Waals surface area contributed by atoms with Gasteiger partial charge in [-0.3, -0.25) is 4.79 Å². The Kier molecular flexibility index (Phi) is 5.43. The minimum absolute atomic E-state index is 0.176. The van der Waals surface area contributed by atoms with Crippen LogP contribution in [0.1, 0.15) is 17.3 Å². The Balaban J connectivity index is 3.16. The van der Waals surface area contributed by atoms with Crippen molar-refractivity contribution in [2.45, 2.75) is 17.9 Å². The molecule has 0 aliphatic heterocycles. The zero-order valence-electron chi connectivity index (χ0n) is 10.6. The lowest BCUT2D eigenvalue weighted by Gasteiger charge is -2.13. The summed E-state index contributed by atoms with van der Waals surface area (Å²) in [5.74, 6) is -3.44. The molecule has 0 radical (unpaired) electrons. The highest BCUT2D eigenvalue weighted by Gasteiger charge is 2.23. The fourth-order valence-electron chi connectivity index (χ4n) is 1.48. The van der Waals surface area contributed by atoms with Crippen LogP contribution in [0.25, 0.3) is 0 Å². The van der Waals surface area contributed by atoms with Crippen molar-refractivity contribution in [2.75, 3.05) is 13.7 Å². The van der Waals surface area contributed by atoms with Crippen LogP contribution in [0.4, 0.5) is 8.78 Å². The summed E-state index contributed by atoms with van der Waals surface area (Å²) in [6, 6.07) is 0.417. The van der Waals surface area contributed by atoms with Gasteiger partial charge < -0.3 is 10.1 Å². The van der Waals surface area contributed by atoms with E-state index >= 15 is 0 Å². The molecule has 9 heteroatoms. The molecule has 0 aliphatic carbocycles. The maximum Gasteiger partial charge on any atom is 0.264 e. The van der Waals surface area contributed by atoms with Crippen LogP contribution in [0.15, 0.2) is 17.0 Å². The first-order valence-corrected chi connectivity index (χ1v) is 7.71. The third kappa shape index (κ3) is 4.12. The van der Waals surface area contributed by atoms with Crippen LogP contribution in [-0.2, 0) is 13.8 Å². The highest BCUT2D eigenvalue weighted by atomic mass is 35.7. The molecule has 0 fully saturated rings. The van der Waals surface area contributed by atoms with Crippen molar-refractivity contribution in [2.24, 2.45) is 0 Å². The first kappa shape index (κ1) is 16.8. The topological polar surface area (TPSA) is 72.5 Å². The molecule has 112 valence electrons. The molecule has 0 saturated heterocycles. The molecule has 1 aromatic rings. The highest BCUT2D eigenvalue weighted by molar-refractivity contribution is 8.13. The van der Waals surface area contributed by atoms with Crippen molar-refractivity contribution in [1.82, 2.24) is 5.32 Å². The van der Waals surface area contributed by atoms with Gasteiger partial charge in [0.15, 0.2) is 0 Å². The molecule has 0 spiro atoms. The number of carbonyl (C=O) groups excluding carboxylic acids is 1. The molecular weight excluding hydrogens is 316 g/mol. The molecule has 20 heavy (non-hydrogen) atoms. The average Bonchev–Trinajstić information content (AvgIpc) is 2.26. The molecule has 0 bridgehead atoms. The van der Waals surface area contributed by atoms with Gasteiger partial charge in [-0.15, -0.1) is 0 Å². The van der Waals surface area contributed by atoms with Gasteiger partial charge in [0.05, 0.1) is 12.2 Å². The number of hydrogen-bond donors (Lipinski definition) is 1. The maximum atomic E-state index is 13.5. The summed E-state index contributed by atoms with van der Waals surface area (Å²) in [5, 5.41) is 2.37. The molecule has 1 amide bonds. The third-order valence-electron chi connectivity index (χ3n) is 2.32. The zero-order chi connectivity index (χ0) is 15.5. The first-order chi connectivity index (χ1) is 9.16. The van der Waals surface area contributed by atoms with E-state index in [1.807, 2.05) is 0 Å². The van der Waals surface area contributed by atoms with Gasteiger partial charge in [0.25, 0.3) is 15.0 Å². The van der Waals surface area contributed by atoms with Crippen LogP contribution >= 0.6 is 10.7 Å². The lowest BCUT2D eigenvalue weighted by Crippen LogP contribution is -2.36. The standard InChI is InChI=1S/C11H12ClF2NO4S/c1-6(5-19-2)15-11(16)7-3-10(20(12,17)18)9(14)4-8(7)13/h3-4,6H,5H2,1-2H3,(H,15,16). The number of carbonyl (C=O) groups is 1. The molecule has 1 unspecified atom stereocenters. The Hall–Kier alpha value is -1.25. The largest absolute Gasteiger partial charge is 0.383 e. The second-order valence-electron chi connectivity index (χ2n) is 4.03. The Morgan fingerprint density at radius 2 is 2.00 bits per heavy atom. The lowest BCUT2D eigenvalue weighted by atomic mass is 10.2. The van der Waals surface area contributed by atoms with E-state index in [2.05, 4.69) is 5.32 Å². The van der Waals surface area contributed by atoms with E-state index in [0.717, 1.165) is 0 Å². The smallest absolute Gasteiger partial charge is 0.264 e. The monoisotopic (exact) mass is 327 g/mol. The molecule has 1 atom stereocenters. The summed E-state index contributed by atoms with van der Waals surface area (Å²) in [4.78, 5) is 10.8. The van der Waals surface area contributed by atoms with Crippen molar-refractivity contribution >= 4 is 25.6 Å². The van der Waals surface area contributed by atoms with E-state index in [1.165, 1.54) is 7.11 Å². The number of methoxy groups -OCH3 is 1. The van der Waals surface area contributed by atoms with Crippen molar-refractivity contribution in [3.05, 3.63) is 29.3 Å². The number of amides is 1. The summed E-state index contributed by atoms with van der Waals surface area (Å²) < 4.78 is 53.9. The van der Waals surface area contributed by atoms with Crippen LogP contribution in [0.3, 0.4) is 0 Å². The number of nitrogens with one attached hydrogen (secondary N) is 1. The summed E-state index contributed by atoms with van der Waals surface area (Å²) in [5.41, 5.74) is -0.617. The average molecular weight is 328 g/mol. The molecule has 1 aromatic carbocycles. The number of ether oxygens (including phenoxy) is 1. The molecule has 0 heterocycles.